The van der Waals surface area contributed by atoms with Crippen molar-refractivity contribution < 1.29 is 28.6 Å². The standard InChI is InChI=1S/C77H136O6/c1-4-7-10-13-16-19-22-24-26-28-30-32-34-35-36-37-38-39-40-41-43-44-46-48-50-52-55-58-61-64-67-70-76(79)82-73-74(72-81-75(78)69-66-63-60-57-54-21-18-15-12-9-6-3)83-77(80)71-68-65-62-59-56-53-51-49-47-45-42-33-31-29-27-25-23-20-17-14-11-8-5-2/h8,11,17,20,25,27-28,30-31,33,45,47,51,53,74H,4-7,9-10,12-16,18-19,21-24,26,29,32,34-44,46,48-50,52,54-73H2,1-3H3/b11-8-,20-17-,27-25-,30-28-,33-31-,47-45-,53-51-. The van der Waals surface area contributed by atoms with Gasteiger partial charge in [0, 0.05) is 19.3 Å². The number of hydrogen-bond acceptors (Lipinski definition) is 6. The predicted octanol–water partition coefficient (Wildman–Crippen LogP) is 25.0. The Hall–Kier alpha value is -3.41. The summed E-state index contributed by atoms with van der Waals surface area (Å²) in [5.74, 6) is -0.891. The lowest BCUT2D eigenvalue weighted by Crippen LogP contribution is -2.30. The van der Waals surface area contributed by atoms with E-state index in [0.717, 1.165) is 109 Å². The van der Waals surface area contributed by atoms with Crippen molar-refractivity contribution >= 4 is 17.9 Å². The summed E-state index contributed by atoms with van der Waals surface area (Å²) in [4.78, 5) is 38.4. The van der Waals surface area contributed by atoms with Crippen LogP contribution < -0.4 is 0 Å². The highest BCUT2D eigenvalue weighted by molar-refractivity contribution is 5.71. The normalized spacial score (nSPS) is 12.6. The van der Waals surface area contributed by atoms with Gasteiger partial charge in [-0.25, -0.2) is 0 Å². The highest BCUT2D eigenvalue weighted by Crippen LogP contribution is 2.18. The molecule has 480 valence electrons. The molecule has 0 aliphatic heterocycles. The Balaban J connectivity index is 4.20. The van der Waals surface area contributed by atoms with Crippen molar-refractivity contribution in [1.82, 2.24) is 0 Å². The highest BCUT2D eigenvalue weighted by atomic mass is 16.6. The average molecular weight is 1160 g/mol. The smallest absolute Gasteiger partial charge is 0.306 e. The van der Waals surface area contributed by atoms with Crippen molar-refractivity contribution in [3.8, 4) is 0 Å². The van der Waals surface area contributed by atoms with E-state index in [0.29, 0.717) is 19.3 Å². The van der Waals surface area contributed by atoms with E-state index in [-0.39, 0.29) is 31.1 Å². The maximum Gasteiger partial charge on any atom is 0.306 e. The number of carbonyl (C=O) groups is 3. The summed E-state index contributed by atoms with van der Waals surface area (Å²) in [6.45, 7) is 6.54. The van der Waals surface area contributed by atoms with Gasteiger partial charge < -0.3 is 14.2 Å². The van der Waals surface area contributed by atoms with Crippen LogP contribution in [0.2, 0.25) is 0 Å². The third-order valence-corrected chi connectivity index (χ3v) is 15.9. The molecule has 0 radical (unpaired) electrons. The minimum absolute atomic E-state index is 0.0830. The largest absolute Gasteiger partial charge is 0.462 e. The molecule has 0 fully saturated rings. The summed E-state index contributed by atoms with van der Waals surface area (Å²) in [6.07, 6.45) is 94.9. The summed E-state index contributed by atoms with van der Waals surface area (Å²) >= 11 is 0. The first-order valence-corrected chi connectivity index (χ1v) is 36.1. The van der Waals surface area contributed by atoms with Crippen LogP contribution in [0.4, 0.5) is 0 Å². The molecule has 0 aliphatic carbocycles. The van der Waals surface area contributed by atoms with Gasteiger partial charge in [0.25, 0.3) is 0 Å². The van der Waals surface area contributed by atoms with Gasteiger partial charge in [-0.2, -0.15) is 0 Å². The Morgan fingerprint density at radius 3 is 0.747 bits per heavy atom. The van der Waals surface area contributed by atoms with Crippen LogP contribution in [0.3, 0.4) is 0 Å². The third kappa shape index (κ3) is 69.3. The SMILES string of the molecule is CC/C=C\C/C=C\C/C=C\C/C=C\C/C=C\C/C=C\CCCCCCC(=O)OC(COC(=O)CCCCCCCCCCCCC)COC(=O)CCCCCCCCCCCCCCCCCCCCC/C=C\CCCCCCCCCC. The van der Waals surface area contributed by atoms with E-state index < -0.39 is 6.10 Å². The lowest BCUT2D eigenvalue weighted by Gasteiger charge is -2.18. The Kier molecular flexibility index (Phi) is 68.2. The van der Waals surface area contributed by atoms with Crippen LogP contribution in [0, 0.1) is 0 Å². The molecule has 0 aromatic heterocycles. The molecule has 1 unspecified atom stereocenters. The van der Waals surface area contributed by atoms with Crippen molar-refractivity contribution in [2.24, 2.45) is 0 Å². The second-order valence-electron chi connectivity index (χ2n) is 24.1. The minimum atomic E-state index is -0.789. The maximum absolute atomic E-state index is 12.9. The van der Waals surface area contributed by atoms with Crippen molar-refractivity contribution in [3.63, 3.8) is 0 Å². The van der Waals surface area contributed by atoms with Gasteiger partial charge in [0.1, 0.15) is 13.2 Å². The second-order valence-corrected chi connectivity index (χ2v) is 24.1. The average Bonchev–Trinajstić information content (AvgIpc) is 3.48. The van der Waals surface area contributed by atoms with E-state index in [4.69, 9.17) is 14.2 Å². The molecule has 0 saturated heterocycles. The zero-order valence-electron chi connectivity index (χ0n) is 55.2. The minimum Gasteiger partial charge on any atom is -0.462 e. The predicted molar refractivity (Wildman–Crippen MR) is 362 cm³/mol. The second kappa shape index (κ2) is 71.1. The number of hydrogen-bond donors (Lipinski definition) is 0. The van der Waals surface area contributed by atoms with E-state index in [1.165, 1.54) is 218 Å². The first-order chi connectivity index (χ1) is 41.0. The Morgan fingerprint density at radius 1 is 0.253 bits per heavy atom. The fourth-order valence-electron chi connectivity index (χ4n) is 10.5. The van der Waals surface area contributed by atoms with Crippen LogP contribution in [-0.4, -0.2) is 37.2 Å². The quantitative estimate of drug-likeness (QED) is 0.0261. The zero-order chi connectivity index (χ0) is 59.9. The summed E-state index contributed by atoms with van der Waals surface area (Å²) in [6, 6.07) is 0. The molecule has 83 heavy (non-hydrogen) atoms. The monoisotopic (exact) mass is 1160 g/mol. The lowest BCUT2D eigenvalue weighted by atomic mass is 10.0. The van der Waals surface area contributed by atoms with Gasteiger partial charge in [-0.05, 0) is 96.3 Å². The van der Waals surface area contributed by atoms with E-state index >= 15 is 0 Å². The molecule has 0 aromatic rings. The molecule has 0 saturated carbocycles. The number of esters is 3. The summed E-state index contributed by atoms with van der Waals surface area (Å²) < 4.78 is 16.9. The van der Waals surface area contributed by atoms with Gasteiger partial charge in [-0.3, -0.25) is 14.4 Å². The van der Waals surface area contributed by atoms with Crippen molar-refractivity contribution in [2.75, 3.05) is 13.2 Å². The Morgan fingerprint density at radius 2 is 0.470 bits per heavy atom. The molecule has 0 spiro atoms. The fourth-order valence-corrected chi connectivity index (χ4v) is 10.5. The molecule has 1 atom stereocenters. The first-order valence-electron chi connectivity index (χ1n) is 36.1. The van der Waals surface area contributed by atoms with Crippen LogP contribution in [0.5, 0.6) is 0 Å². The highest BCUT2D eigenvalue weighted by Gasteiger charge is 2.19. The summed E-state index contributed by atoms with van der Waals surface area (Å²) in [5, 5.41) is 0. The number of unbranched alkanes of at least 4 members (excludes halogenated alkanes) is 41. The molecule has 0 heterocycles. The topological polar surface area (TPSA) is 78.9 Å². The van der Waals surface area contributed by atoms with Crippen LogP contribution in [0.25, 0.3) is 0 Å². The van der Waals surface area contributed by atoms with E-state index in [1.807, 2.05) is 0 Å². The van der Waals surface area contributed by atoms with Gasteiger partial charge in [-0.15, -0.1) is 0 Å². The Labute approximate surface area is 515 Å². The van der Waals surface area contributed by atoms with Gasteiger partial charge in [0.05, 0.1) is 0 Å². The first kappa shape index (κ1) is 79.6. The van der Waals surface area contributed by atoms with Crippen molar-refractivity contribution in [3.05, 3.63) is 85.1 Å². The van der Waals surface area contributed by atoms with Crippen molar-refractivity contribution in [2.45, 2.75) is 374 Å². The molecular weight excluding hydrogens is 1020 g/mol. The molecule has 0 aromatic carbocycles. The third-order valence-electron chi connectivity index (χ3n) is 15.9. The van der Waals surface area contributed by atoms with E-state index in [9.17, 15) is 14.4 Å². The molecule has 0 bridgehead atoms. The number of carbonyl (C=O) groups excluding carboxylic acids is 3. The molecule has 0 amide bonds. The molecular formula is C77H136O6. The summed E-state index contributed by atoms with van der Waals surface area (Å²) in [5.41, 5.74) is 0. The van der Waals surface area contributed by atoms with Crippen LogP contribution in [0.15, 0.2) is 85.1 Å². The number of ether oxygens (including phenoxy) is 3. The number of allylic oxidation sites excluding steroid dienone is 14. The fraction of sp³-hybridized carbons (Fsp3) is 0.779. The van der Waals surface area contributed by atoms with Gasteiger partial charge >= 0.3 is 17.9 Å². The maximum atomic E-state index is 12.9. The molecule has 0 aliphatic rings. The van der Waals surface area contributed by atoms with Gasteiger partial charge in [-0.1, -0.05) is 337 Å². The van der Waals surface area contributed by atoms with E-state index in [1.54, 1.807) is 0 Å². The van der Waals surface area contributed by atoms with Crippen LogP contribution in [0.1, 0.15) is 367 Å². The zero-order valence-corrected chi connectivity index (χ0v) is 55.2. The molecule has 0 N–H and O–H groups in total. The van der Waals surface area contributed by atoms with Gasteiger partial charge in [0.15, 0.2) is 6.10 Å². The van der Waals surface area contributed by atoms with Gasteiger partial charge in [0.2, 0.25) is 0 Å². The molecule has 6 heteroatoms. The Bertz CT molecular complexity index is 1570. The molecule has 6 nitrogen and oxygen atoms in total. The van der Waals surface area contributed by atoms with Crippen molar-refractivity contribution in [1.29, 1.82) is 0 Å². The van der Waals surface area contributed by atoms with Crippen LogP contribution >= 0.6 is 0 Å². The summed E-state index contributed by atoms with van der Waals surface area (Å²) in [7, 11) is 0. The van der Waals surface area contributed by atoms with Crippen LogP contribution in [-0.2, 0) is 28.6 Å². The molecule has 0 rings (SSSR count). The lowest BCUT2D eigenvalue weighted by molar-refractivity contribution is -0.167. The van der Waals surface area contributed by atoms with E-state index in [2.05, 4.69) is 106 Å². The number of rotatable bonds is 66.